The fourth-order valence-electron chi connectivity index (χ4n) is 3.96. The smallest absolute Gasteiger partial charge is 0.0124 e. The number of piperidine rings is 1. The van der Waals surface area contributed by atoms with Crippen LogP contribution in [-0.4, -0.2) is 30.6 Å². The van der Waals surface area contributed by atoms with E-state index in [2.05, 4.69) is 4.90 Å². The Morgan fingerprint density at radius 2 is 1.81 bits per heavy atom. The van der Waals surface area contributed by atoms with Gasteiger partial charge in [-0.2, -0.15) is 0 Å². The predicted molar refractivity (Wildman–Crippen MR) is 67.3 cm³/mol. The van der Waals surface area contributed by atoms with Gasteiger partial charge >= 0.3 is 0 Å². The zero-order chi connectivity index (χ0) is 11.0. The Hall–Kier alpha value is -0.0800. The van der Waals surface area contributed by atoms with Crippen molar-refractivity contribution in [3.05, 3.63) is 0 Å². The van der Waals surface area contributed by atoms with Crippen molar-refractivity contribution in [2.75, 3.05) is 19.6 Å². The van der Waals surface area contributed by atoms with Crippen LogP contribution < -0.4 is 5.73 Å². The van der Waals surface area contributed by atoms with Crippen LogP contribution in [0.2, 0.25) is 0 Å². The molecule has 0 aromatic rings. The molecular weight excluding hydrogens is 196 g/mol. The molecule has 0 radical (unpaired) electrons. The molecule has 0 spiro atoms. The van der Waals surface area contributed by atoms with Crippen molar-refractivity contribution in [3.8, 4) is 0 Å². The van der Waals surface area contributed by atoms with E-state index in [1.807, 2.05) is 0 Å². The van der Waals surface area contributed by atoms with E-state index in [0.717, 1.165) is 18.5 Å². The molecule has 0 amide bonds. The molecule has 2 saturated carbocycles. The van der Waals surface area contributed by atoms with Crippen LogP contribution in [0.5, 0.6) is 0 Å². The molecule has 16 heavy (non-hydrogen) atoms. The van der Waals surface area contributed by atoms with E-state index in [4.69, 9.17) is 5.73 Å². The lowest BCUT2D eigenvalue weighted by molar-refractivity contribution is 0.0452. The van der Waals surface area contributed by atoms with Crippen molar-refractivity contribution < 1.29 is 0 Å². The number of rotatable bonds is 3. The molecule has 2 aliphatic carbocycles. The van der Waals surface area contributed by atoms with Crippen molar-refractivity contribution in [1.29, 1.82) is 0 Å². The van der Waals surface area contributed by atoms with Gasteiger partial charge in [0.2, 0.25) is 0 Å². The predicted octanol–water partition coefficient (Wildman–Crippen LogP) is 2.38. The maximum atomic E-state index is 5.93. The lowest BCUT2D eigenvalue weighted by Crippen LogP contribution is -2.49. The molecule has 2 nitrogen and oxygen atoms in total. The molecule has 0 aromatic carbocycles. The van der Waals surface area contributed by atoms with Gasteiger partial charge < -0.3 is 5.73 Å². The van der Waals surface area contributed by atoms with Crippen LogP contribution in [-0.2, 0) is 0 Å². The van der Waals surface area contributed by atoms with Crippen molar-refractivity contribution in [2.24, 2.45) is 17.1 Å². The molecule has 3 aliphatic rings. The Morgan fingerprint density at radius 3 is 2.56 bits per heavy atom. The van der Waals surface area contributed by atoms with Crippen LogP contribution in [0, 0.1) is 11.3 Å². The first-order valence-electron chi connectivity index (χ1n) is 7.27. The van der Waals surface area contributed by atoms with Crippen LogP contribution in [0.25, 0.3) is 0 Å². The summed E-state index contributed by atoms with van der Waals surface area (Å²) in [6, 6.07) is 0.923. The lowest BCUT2D eigenvalue weighted by atomic mass is 9.78. The zero-order valence-corrected chi connectivity index (χ0v) is 10.5. The molecule has 2 heteroatoms. The third-order valence-electron chi connectivity index (χ3n) is 5.29. The van der Waals surface area contributed by atoms with Crippen LogP contribution in [0.4, 0.5) is 0 Å². The first kappa shape index (κ1) is 11.0. The monoisotopic (exact) mass is 222 g/mol. The Bertz CT molecular complexity index is 245. The Balaban J connectivity index is 1.64. The number of nitrogens with two attached hydrogens (primary N) is 1. The molecule has 92 valence electrons. The van der Waals surface area contributed by atoms with Gasteiger partial charge in [0.15, 0.2) is 0 Å². The summed E-state index contributed by atoms with van der Waals surface area (Å²) in [5, 5.41) is 0. The molecule has 3 rings (SSSR count). The summed E-state index contributed by atoms with van der Waals surface area (Å²) in [6.45, 7) is 3.58. The summed E-state index contributed by atoms with van der Waals surface area (Å²) in [7, 11) is 0. The second-order valence-electron chi connectivity index (χ2n) is 6.43. The minimum atomic E-state index is 0.541. The van der Waals surface area contributed by atoms with Crippen molar-refractivity contribution >= 4 is 0 Å². The van der Waals surface area contributed by atoms with E-state index in [-0.39, 0.29) is 0 Å². The fraction of sp³-hybridized carbons (Fsp3) is 1.00. The van der Waals surface area contributed by atoms with E-state index in [1.54, 1.807) is 0 Å². The van der Waals surface area contributed by atoms with Gasteiger partial charge in [0.05, 0.1) is 0 Å². The maximum Gasteiger partial charge on any atom is 0.0124 e. The highest BCUT2D eigenvalue weighted by Gasteiger charge is 2.45. The Labute approximate surface area is 99.6 Å². The van der Waals surface area contributed by atoms with Gasteiger partial charge in [-0.1, -0.05) is 12.8 Å². The second-order valence-corrected chi connectivity index (χ2v) is 6.43. The average molecular weight is 222 g/mol. The molecule has 1 saturated heterocycles. The Kier molecular flexibility index (Phi) is 2.97. The summed E-state index contributed by atoms with van der Waals surface area (Å²) >= 11 is 0. The van der Waals surface area contributed by atoms with E-state index >= 15 is 0 Å². The third-order valence-corrected chi connectivity index (χ3v) is 5.29. The molecule has 1 heterocycles. The van der Waals surface area contributed by atoms with Gasteiger partial charge in [0.25, 0.3) is 0 Å². The number of hydrogen-bond acceptors (Lipinski definition) is 2. The first-order valence-corrected chi connectivity index (χ1v) is 7.27. The minimum Gasteiger partial charge on any atom is -0.330 e. The normalized spacial score (nSPS) is 38.1. The van der Waals surface area contributed by atoms with Gasteiger partial charge in [0.1, 0.15) is 0 Å². The van der Waals surface area contributed by atoms with Crippen molar-refractivity contribution in [3.63, 3.8) is 0 Å². The highest BCUT2D eigenvalue weighted by atomic mass is 15.2. The summed E-state index contributed by atoms with van der Waals surface area (Å²) in [6.07, 6.45) is 11.6. The molecule has 0 bridgehead atoms. The molecule has 2 unspecified atom stereocenters. The van der Waals surface area contributed by atoms with Crippen LogP contribution in [0.15, 0.2) is 0 Å². The molecule has 2 N–H and O–H groups in total. The SMILES string of the molecule is NCC1(CN2CCCC3CCCCC32)CC1. The second kappa shape index (κ2) is 4.30. The summed E-state index contributed by atoms with van der Waals surface area (Å²) in [5.74, 6) is 1.02. The third kappa shape index (κ3) is 2.02. The van der Waals surface area contributed by atoms with Gasteiger partial charge in [-0.05, 0) is 62.9 Å². The quantitative estimate of drug-likeness (QED) is 0.794. The number of likely N-dealkylation sites (tertiary alicyclic amines) is 1. The number of nitrogens with zero attached hydrogens (tertiary/aromatic N) is 1. The number of hydrogen-bond donors (Lipinski definition) is 1. The van der Waals surface area contributed by atoms with Crippen molar-refractivity contribution in [1.82, 2.24) is 4.90 Å². The molecule has 1 aliphatic heterocycles. The van der Waals surface area contributed by atoms with Crippen molar-refractivity contribution in [2.45, 2.75) is 57.4 Å². The van der Waals surface area contributed by atoms with Gasteiger partial charge in [-0.3, -0.25) is 4.90 Å². The molecule has 2 atom stereocenters. The average Bonchev–Trinajstić information content (AvgIpc) is 3.10. The van der Waals surface area contributed by atoms with Gasteiger partial charge in [-0.25, -0.2) is 0 Å². The lowest BCUT2D eigenvalue weighted by Gasteiger charge is -2.45. The largest absolute Gasteiger partial charge is 0.330 e. The maximum absolute atomic E-state index is 5.93. The van der Waals surface area contributed by atoms with E-state index in [1.165, 1.54) is 64.5 Å². The molecular formula is C14H26N2. The highest BCUT2D eigenvalue weighted by molar-refractivity contribution is 4.99. The number of fused-ring (bicyclic) bond motifs is 1. The molecule has 3 fully saturated rings. The van der Waals surface area contributed by atoms with Gasteiger partial charge in [-0.15, -0.1) is 0 Å². The summed E-state index contributed by atoms with van der Waals surface area (Å²) < 4.78 is 0. The van der Waals surface area contributed by atoms with E-state index in [0.29, 0.717) is 5.41 Å². The standard InChI is InChI=1S/C14H26N2/c15-10-14(7-8-14)11-16-9-3-5-12-4-1-2-6-13(12)16/h12-13H,1-11,15H2. The highest BCUT2D eigenvalue weighted by Crippen LogP contribution is 2.47. The fourth-order valence-corrected chi connectivity index (χ4v) is 3.96. The van der Waals surface area contributed by atoms with Crippen LogP contribution >= 0.6 is 0 Å². The summed E-state index contributed by atoms with van der Waals surface area (Å²) in [4.78, 5) is 2.81. The van der Waals surface area contributed by atoms with E-state index < -0.39 is 0 Å². The van der Waals surface area contributed by atoms with Crippen LogP contribution in [0.1, 0.15) is 51.4 Å². The van der Waals surface area contributed by atoms with Gasteiger partial charge in [0, 0.05) is 12.6 Å². The van der Waals surface area contributed by atoms with Crippen LogP contribution in [0.3, 0.4) is 0 Å². The Morgan fingerprint density at radius 1 is 1.06 bits per heavy atom. The summed E-state index contributed by atoms with van der Waals surface area (Å²) in [5.41, 5.74) is 6.47. The topological polar surface area (TPSA) is 29.3 Å². The first-order chi connectivity index (χ1) is 7.83. The molecule has 0 aromatic heterocycles. The minimum absolute atomic E-state index is 0.541. The zero-order valence-electron chi connectivity index (χ0n) is 10.5. The van der Waals surface area contributed by atoms with E-state index in [9.17, 15) is 0 Å².